The first kappa shape index (κ1) is 13.5. The standard InChI is InChI=1S/C15H23FN2/c1-2-17-11-14-8-5-6-10-18(14)12-13-7-3-4-9-15(13)16/h3-4,7,9,14,17H,2,5-6,8,10-12H2,1H3. The highest BCUT2D eigenvalue weighted by Crippen LogP contribution is 2.20. The smallest absolute Gasteiger partial charge is 0.127 e. The van der Waals surface area contributed by atoms with Crippen LogP contribution in [0.1, 0.15) is 31.7 Å². The third-order valence-electron chi connectivity index (χ3n) is 3.71. The van der Waals surface area contributed by atoms with E-state index in [9.17, 15) is 4.39 Å². The molecule has 1 atom stereocenters. The molecule has 0 bridgehead atoms. The number of piperidine rings is 1. The Morgan fingerprint density at radius 2 is 2.17 bits per heavy atom. The topological polar surface area (TPSA) is 15.3 Å². The summed E-state index contributed by atoms with van der Waals surface area (Å²) in [5, 5.41) is 3.41. The van der Waals surface area contributed by atoms with Crippen molar-refractivity contribution < 1.29 is 4.39 Å². The number of nitrogens with one attached hydrogen (secondary N) is 1. The van der Waals surface area contributed by atoms with E-state index in [1.54, 1.807) is 12.1 Å². The zero-order valence-corrected chi connectivity index (χ0v) is 11.2. The summed E-state index contributed by atoms with van der Waals surface area (Å²) in [6.45, 7) is 5.98. The lowest BCUT2D eigenvalue weighted by Gasteiger charge is -2.36. The van der Waals surface area contributed by atoms with Crippen molar-refractivity contribution in [1.29, 1.82) is 0 Å². The lowest BCUT2D eigenvalue weighted by molar-refractivity contribution is 0.136. The van der Waals surface area contributed by atoms with Gasteiger partial charge in [-0.15, -0.1) is 0 Å². The van der Waals surface area contributed by atoms with Gasteiger partial charge in [0.15, 0.2) is 0 Å². The summed E-state index contributed by atoms with van der Waals surface area (Å²) in [5.74, 6) is -0.0784. The molecule has 18 heavy (non-hydrogen) atoms. The van der Waals surface area contributed by atoms with Crippen molar-refractivity contribution in [3.05, 3.63) is 35.6 Å². The van der Waals surface area contributed by atoms with Gasteiger partial charge in [0.05, 0.1) is 0 Å². The molecule has 2 rings (SSSR count). The quantitative estimate of drug-likeness (QED) is 0.864. The predicted molar refractivity (Wildman–Crippen MR) is 73.0 cm³/mol. The first-order chi connectivity index (χ1) is 8.81. The predicted octanol–water partition coefficient (Wildman–Crippen LogP) is 2.79. The van der Waals surface area contributed by atoms with Crippen molar-refractivity contribution in [3.63, 3.8) is 0 Å². The third-order valence-corrected chi connectivity index (χ3v) is 3.71. The molecular weight excluding hydrogens is 227 g/mol. The molecule has 1 aliphatic rings. The maximum absolute atomic E-state index is 13.7. The first-order valence-electron chi connectivity index (χ1n) is 6.99. The molecule has 0 saturated carbocycles. The maximum atomic E-state index is 13.7. The Morgan fingerprint density at radius 1 is 1.33 bits per heavy atom. The van der Waals surface area contributed by atoms with Crippen molar-refractivity contribution in [2.75, 3.05) is 19.6 Å². The van der Waals surface area contributed by atoms with E-state index in [1.807, 2.05) is 12.1 Å². The van der Waals surface area contributed by atoms with E-state index in [-0.39, 0.29) is 5.82 Å². The molecule has 1 aromatic rings. The van der Waals surface area contributed by atoms with Crippen LogP contribution in [0, 0.1) is 5.82 Å². The number of nitrogens with zero attached hydrogens (tertiary/aromatic N) is 1. The molecule has 1 N–H and O–H groups in total. The zero-order chi connectivity index (χ0) is 12.8. The lowest BCUT2D eigenvalue weighted by atomic mass is 10.0. The van der Waals surface area contributed by atoms with Gasteiger partial charge >= 0.3 is 0 Å². The fourth-order valence-electron chi connectivity index (χ4n) is 2.66. The van der Waals surface area contributed by atoms with Crippen molar-refractivity contribution in [1.82, 2.24) is 10.2 Å². The summed E-state index contributed by atoms with van der Waals surface area (Å²) in [5.41, 5.74) is 0.820. The van der Waals surface area contributed by atoms with Gasteiger partial charge in [-0.25, -0.2) is 4.39 Å². The maximum Gasteiger partial charge on any atom is 0.127 e. The van der Waals surface area contributed by atoms with Crippen LogP contribution in [0.3, 0.4) is 0 Å². The fourth-order valence-corrected chi connectivity index (χ4v) is 2.66. The normalized spacial score (nSPS) is 21.1. The Balaban J connectivity index is 1.98. The Labute approximate surface area is 109 Å². The number of hydrogen-bond donors (Lipinski definition) is 1. The van der Waals surface area contributed by atoms with Crippen LogP contribution in [0.5, 0.6) is 0 Å². The molecule has 1 unspecified atom stereocenters. The first-order valence-corrected chi connectivity index (χ1v) is 6.99. The van der Waals surface area contributed by atoms with E-state index in [0.717, 1.165) is 31.7 Å². The zero-order valence-electron chi connectivity index (χ0n) is 11.2. The van der Waals surface area contributed by atoms with E-state index in [1.165, 1.54) is 19.3 Å². The summed E-state index contributed by atoms with van der Waals surface area (Å²) in [6.07, 6.45) is 3.75. The van der Waals surface area contributed by atoms with Gasteiger partial charge < -0.3 is 5.32 Å². The van der Waals surface area contributed by atoms with Crippen molar-refractivity contribution in [2.24, 2.45) is 0 Å². The molecule has 0 radical (unpaired) electrons. The molecule has 0 amide bonds. The molecule has 100 valence electrons. The summed E-state index contributed by atoms with van der Waals surface area (Å²) in [4.78, 5) is 2.42. The van der Waals surface area contributed by atoms with E-state index >= 15 is 0 Å². The molecule has 0 spiro atoms. The van der Waals surface area contributed by atoms with Crippen LogP contribution in [-0.2, 0) is 6.54 Å². The Hall–Kier alpha value is -0.930. The number of likely N-dealkylation sites (tertiary alicyclic amines) is 1. The largest absolute Gasteiger partial charge is 0.315 e. The molecule has 2 nitrogen and oxygen atoms in total. The summed E-state index contributed by atoms with van der Waals surface area (Å²) < 4.78 is 13.7. The van der Waals surface area contributed by atoms with Crippen LogP contribution in [0.15, 0.2) is 24.3 Å². The Bertz CT molecular complexity index is 367. The van der Waals surface area contributed by atoms with Crippen LogP contribution in [0.25, 0.3) is 0 Å². The van der Waals surface area contributed by atoms with Gasteiger partial charge in [-0.1, -0.05) is 31.5 Å². The third kappa shape index (κ3) is 3.53. The molecule has 1 aliphatic heterocycles. The van der Waals surface area contributed by atoms with E-state index in [2.05, 4.69) is 17.1 Å². The van der Waals surface area contributed by atoms with Gasteiger partial charge in [-0.05, 0) is 32.0 Å². The molecule has 1 fully saturated rings. The highest BCUT2D eigenvalue weighted by atomic mass is 19.1. The highest BCUT2D eigenvalue weighted by Gasteiger charge is 2.22. The SMILES string of the molecule is CCNCC1CCCCN1Cc1ccccc1F. The van der Waals surface area contributed by atoms with Gasteiger partial charge in [0.1, 0.15) is 5.82 Å². The van der Waals surface area contributed by atoms with Crippen LogP contribution in [-0.4, -0.2) is 30.6 Å². The van der Waals surface area contributed by atoms with Crippen molar-refractivity contribution in [2.45, 2.75) is 38.8 Å². The minimum Gasteiger partial charge on any atom is -0.315 e. The van der Waals surface area contributed by atoms with Crippen LogP contribution >= 0.6 is 0 Å². The van der Waals surface area contributed by atoms with Gasteiger partial charge in [0.2, 0.25) is 0 Å². The second-order valence-corrected chi connectivity index (χ2v) is 5.02. The summed E-state index contributed by atoms with van der Waals surface area (Å²) in [7, 11) is 0. The Morgan fingerprint density at radius 3 is 2.94 bits per heavy atom. The number of hydrogen-bond acceptors (Lipinski definition) is 2. The second kappa shape index (κ2) is 6.86. The van der Waals surface area contributed by atoms with E-state index in [4.69, 9.17) is 0 Å². The average Bonchev–Trinajstić information content (AvgIpc) is 2.40. The molecular formula is C15H23FN2. The highest BCUT2D eigenvalue weighted by molar-refractivity contribution is 5.17. The molecule has 1 heterocycles. The van der Waals surface area contributed by atoms with Gasteiger partial charge in [0.25, 0.3) is 0 Å². The summed E-state index contributed by atoms with van der Waals surface area (Å²) >= 11 is 0. The average molecular weight is 250 g/mol. The van der Waals surface area contributed by atoms with E-state index < -0.39 is 0 Å². The second-order valence-electron chi connectivity index (χ2n) is 5.02. The van der Waals surface area contributed by atoms with Crippen LogP contribution in [0.2, 0.25) is 0 Å². The number of benzene rings is 1. The van der Waals surface area contributed by atoms with E-state index in [0.29, 0.717) is 6.04 Å². The lowest BCUT2D eigenvalue weighted by Crippen LogP contribution is -2.45. The van der Waals surface area contributed by atoms with Gasteiger partial charge in [-0.2, -0.15) is 0 Å². The minimum atomic E-state index is -0.0784. The van der Waals surface area contributed by atoms with Crippen LogP contribution in [0.4, 0.5) is 4.39 Å². The molecule has 0 aliphatic carbocycles. The van der Waals surface area contributed by atoms with Gasteiger partial charge in [0, 0.05) is 24.7 Å². The number of rotatable bonds is 5. The molecule has 1 saturated heterocycles. The number of halogens is 1. The Kier molecular flexibility index (Phi) is 5.14. The molecule has 3 heteroatoms. The monoisotopic (exact) mass is 250 g/mol. The molecule has 1 aromatic carbocycles. The minimum absolute atomic E-state index is 0.0784. The van der Waals surface area contributed by atoms with Crippen LogP contribution < -0.4 is 5.32 Å². The van der Waals surface area contributed by atoms with Gasteiger partial charge in [-0.3, -0.25) is 4.90 Å². The number of likely N-dealkylation sites (N-methyl/N-ethyl adjacent to an activating group) is 1. The van der Waals surface area contributed by atoms with Crippen molar-refractivity contribution >= 4 is 0 Å². The molecule has 0 aromatic heterocycles. The summed E-state index contributed by atoms with van der Waals surface area (Å²) in [6, 6.07) is 7.68. The van der Waals surface area contributed by atoms with Crippen molar-refractivity contribution in [3.8, 4) is 0 Å². The fraction of sp³-hybridized carbons (Fsp3) is 0.600.